The van der Waals surface area contributed by atoms with Crippen LogP contribution < -0.4 is 21.9 Å². The zero-order valence-electron chi connectivity index (χ0n) is 23.6. The molecular formula is C31H24N4O10. The number of rotatable bonds is 8. The molecule has 0 saturated carbocycles. The molecule has 0 bridgehead atoms. The van der Waals surface area contributed by atoms with E-state index in [4.69, 9.17) is 11.5 Å². The van der Waals surface area contributed by atoms with E-state index in [1.54, 1.807) is 0 Å². The summed E-state index contributed by atoms with van der Waals surface area (Å²) in [6.07, 6.45) is 3.72. The molecule has 1 aliphatic rings. The number of anilines is 1. The maximum absolute atomic E-state index is 13.5. The Kier molecular flexibility index (Phi) is 8.34. The van der Waals surface area contributed by atoms with Crippen LogP contribution in [0.1, 0.15) is 49.1 Å². The molecule has 0 unspecified atom stereocenters. The first-order valence-corrected chi connectivity index (χ1v) is 12.9. The van der Waals surface area contributed by atoms with Crippen molar-refractivity contribution in [3.63, 3.8) is 0 Å². The summed E-state index contributed by atoms with van der Waals surface area (Å²) in [5.74, 6) is -7.22. The number of aromatic carboxylic acids is 2. The fourth-order valence-corrected chi connectivity index (χ4v) is 4.77. The van der Waals surface area contributed by atoms with Crippen LogP contribution in [0.4, 0.5) is 5.69 Å². The number of aromatic nitrogens is 1. The molecule has 0 radical (unpaired) electrons. The van der Waals surface area contributed by atoms with Gasteiger partial charge in [-0.2, -0.15) is 0 Å². The molecule has 4 amide bonds. The second kappa shape index (κ2) is 12.0. The van der Waals surface area contributed by atoms with E-state index in [-0.39, 0.29) is 44.8 Å². The van der Waals surface area contributed by atoms with Crippen molar-refractivity contribution in [1.82, 2.24) is 4.57 Å². The second-order valence-corrected chi connectivity index (χ2v) is 9.70. The molecule has 14 nitrogen and oxygen atoms in total. The van der Waals surface area contributed by atoms with Gasteiger partial charge in [-0.1, -0.05) is 6.08 Å². The van der Waals surface area contributed by atoms with E-state index in [9.17, 15) is 48.9 Å². The zero-order valence-corrected chi connectivity index (χ0v) is 23.6. The monoisotopic (exact) mass is 612 g/mol. The van der Waals surface area contributed by atoms with Crippen LogP contribution >= 0.6 is 0 Å². The molecule has 0 saturated heterocycles. The average molecular weight is 613 g/mol. The van der Waals surface area contributed by atoms with Gasteiger partial charge in [-0.3, -0.25) is 24.0 Å². The molecule has 7 N–H and O–H groups in total. The molecule has 0 atom stereocenters. The number of imide groups is 1. The Morgan fingerprint density at radius 3 is 1.73 bits per heavy atom. The summed E-state index contributed by atoms with van der Waals surface area (Å²) in [6.45, 7) is 2.69. The van der Waals surface area contributed by atoms with E-state index in [2.05, 4.69) is 0 Å². The van der Waals surface area contributed by atoms with E-state index < -0.39 is 58.1 Å². The van der Waals surface area contributed by atoms with Crippen molar-refractivity contribution >= 4 is 47.3 Å². The number of benzene rings is 2. The number of hydrogen-bond acceptors (Lipinski definition) is 8. The number of allylic oxidation sites excluding steroid dienone is 2. The Balaban J connectivity index is 1.87. The quantitative estimate of drug-likeness (QED) is 0.140. The second-order valence-electron chi connectivity index (χ2n) is 9.70. The number of nitrogens with two attached hydrogens (primary N) is 2. The van der Waals surface area contributed by atoms with Gasteiger partial charge in [0.25, 0.3) is 29.2 Å². The van der Waals surface area contributed by atoms with E-state index in [0.29, 0.717) is 4.90 Å². The highest BCUT2D eigenvalue weighted by atomic mass is 16.4. The van der Waals surface area contributed by atoms with Crippen LogP contribution in [0.25, 0.3) is 11.8 Å². The summed E-state index contributed by atoms with van der Waals surface area (Å²) < 4.78 is 0.759. The Bertz CT molecular complexity index is 1980. The predicted octanol–water partition coefficient (Wildman–Crippen LogP) is 1.66. The summed E-state index contributed by atoms with van der Waals surface area (Å²) in [4.78, 5) is 87.5. The third-order valence-electron chi connectivity index (χ3n) is 7.04. The molecule has 1 aliphatic heterocycles. The lowest BCUT2D eigenvalue weighted by molar-refractivity contribution is -0.125. The number of pyridine rings is 1. The van der Waals surface area contributed by atoms with Crippen LogP contribution in [0.3, 0.4) is 0 Å². The van der Waals surface area contributed by atoms with Gasteiger partial charge in [0.15, 0.2) is 0 Å². The minimum atomic E-state index is -1.24. The highest BCUT2D eigenvalue weighted by molar-refractivity contribution is 6.37. The van der Waals surface area contributed by atoms with Gasteiger partial charge in [-0.05, 0) is 85.7 Å². The van der Waals surface area contributed by atoms with Crippen molar-refractivity contribution < 1.29 is 44.1 Å². The van der Waals surface area contributed by atoms with Crippen molar-refractivity contribution in [2.75, 3.05) is 4.90 Å². The van der Waals surface area contributed by atoms with Gasteiger partial charge in [0.1, 0.15) is 11.1 Å². The van der Waals surface area contributed by atoms with Crippen molar-refractivity contribution in [2.24, 2.45) is 11.5 Å². The highest BCUT2D eigenvalue weighted by Gasteiger charge is 2.38. The summed E-state index contributed by atoms with van der Waals surface area (Å²) in [7, 11) is 0. The molecule has 3 aromatic rings. The molecule has 0 aliphatic carbocycles. The third kappa shape index (κ3) is 5.62. The Labute approximate surface area is 253 Å². The van der Waals surface area contributed by atoms with Crippen LogP contribution in [0.15, 0.2) is 82.2 Å². The number of carbonyl (C=O) groups excluding carboxylic acids is 4. The van der Waals surface area contributed by atoms with Gasteiger partial charge >= 0.3 is 11.9 Å². The fourth-order valence-electron chi connectivity index (χ4n) is 4.77. The summed E-state index contributed by atoms with van der Waals surface area (Å²) >= 11 is 0. The fraction of sp³-hybridized carbons (Fsp3) is 0.0645. The van der Waals surface area contributed by atoms with Gasteiger partial charge in [0.05, 0.1) is 22.5 Å². The van der Waals surface area contributed by atoms with Gasteiger partial charge in [-0.15, -0.1) is 0 Å². The largest absolute Gasteiger partial charge is 0.494 e. The SMILES string of the molecule is CC1=C(C(N)=O)C(=O)N(c2ccc(C(=O)O)cc2)C(=O)C1=CC=Cc1c(C)c(C(N)=O)c(=O)n(-c2ccc(C(=O)O)cc2)c1O. The van der Waals surface area contributed by atoms with Crippen LogP contribution in [-0.2, 0) is 14.4 Å². The highest BCUT2D eigenvalue weighted by Crippen LogP contribution is 2.31. The van der Waals surface area contributed by atoms with Gasteiger partial charge in [0, 0.05) is 11.1 Å². The van der Waals surface area contributed by atoms with Gasteiger partial charge in [-0.25, -0.2) is 19.1 Å². The summed E-state index contributed by atoms with van der Waals surface area (Å²) in [5, 5.41) is 29.5. The molecule has 45 heavy (non-hydrogen) atoms. The molecule has 0 fully saturated rings. The lowest BCUT2D eigenvalue weighted by Gasteiger charge is -2.28. The van der Waals surface area contributed by atoms with Crippen molar-refractivity contribution in [1.29, 1.82) is 0 Å². The van der Waals surface area contributed by atoms with Crippen molar-refractivity contribution in [2.45, 2.75) is 13.8 Å². The van der Waals surface area contributed by atoms with Crippen LogP contribution in [-0.4, -0.2) is 55.5 Å². The number of carboxylic acid groups (broad SMARTS) is 2. The summed E-state index contributed by atoms with van der Waals surface area (Å²) in [5.41, 5.74) is 8.49. The summed E-state index contributed by atoms with van der Waals surface area (Å²) in [6, 6.07) is 9.64. The third-order valence-corrected chi connectivity index (χ3v) is 7.04. The molecule has 0 spiro atoms. The topological polar surface area (TPSA) is 240 Å². The molecule has 228 valence electrons. The molecule has 2 aromatic carbocycles. The number of nitrogens with zero attached hydrogens (tertiary/aromatic N) is 2. The lowest BCUT2D eigenvalue weighted by Crippen LogP contribution is -2.46. The minimum Gasteiger partial charge on any atom is -0.494 e. The first kappa shape index (κ1) is 31.4. The molecule has 1 aromatic heterocycles. The predicted molar refractivity (Wildman–Crippen MR) is 159 cm³/mol. The molecule has 4 rings (SSSR count). The first-order valence-electron chi connectivity index (χ1n) is 12.9. The Morgan fingerprint density at radius 2 is 1.27 bits per heavy atom. The smallest absolute Gasteiger partial charge is 0.335 e. The maximum Gasteiger partial charge on any atom is 0.335 e. The van der Waals surface area contributed by atoms with E-state index in [1.165, 1.54) is 80.6 Å². The molecule has 14 heteroatoms. The van der Waals surface area contributed by atoms with Gasteiger partial charge < -0.3 is 26.8 Å². The number of hydrogen-bond donors (Lipinski definition) is 5. The average Bonchev–Trinajstić information content (AvgIpc) is 2.96. The van der Waals surface area contributed by atoms with Crippen LogP contribution in [0.2, 0.25) is 0 Å². The molecular weight excluding hydrogens is 588 g/mol. The Morgan fingerprint density at radius 1 is 0.756 bits per heavy atom. The van der Waals surface area contributed by atoms with Crippen molar-refractivity contribution in [3.8, 4) is 11.6 Å². The number of carboxylic acids is 2. The molecule has 2 heterocycles. The van der Waals surface area contributed by atoms with Crippen LogP contribution in [0, 0.1) is 6.92 Å². The lowest BCUT2D eigenvalue weighted by atomic mass is 9.93. The van der Waals surface area contributed by atoms with Gasteiger partial charge in [0.2, 0.25) is 5.88 Å². The number of aromatic hydroxyl groups is 1. The number of carbonyl (C=O) groups is 6. The van der Waals surface area contributed by atoms with Crippen molar-refractivity contribution in [3.05, 3.63) is 116 Å². The van der Waals surface area contributed by atoms with E-state index in [1.807, 2.05) is 0 Å². The maximum atomic E-state index is 13.5. The van der Waals surface area contributed by atoms with Crippen LogP contribution in [0.5, 0.6) is 5.88 Å². The Hall–Kier alpha value is -6.57. The minimum absolute atomic E-state index is 0.00607. The number of amides is 4. The first-order chi connectivity index (χ1) is 21.2. The zero-order chi connectivity index (χ0) is 33.3. The number of primary amides is 2. The normalized spacial score (nSPS) is 14.4. The van der Waals surface area contributed by atoms with E-state index in [0.717, 1.165) is 4.57 Å². The standard InChI is InChI=1S/C31H24N4O10/c1-14-20(26(38)34(28(40)22(14)24(32)36)18-10-6-16(7-11-18)30(42)43)4-3-5-21-15(2)23(25(33)37)29(41)35(27(21)39)19-12-8-17(9-13-19)31(44)45/h3-13,38H,1-2H3,(H2,32,36)(H2,33,37)(H,42,43)(H,44,45). The van der Waals surface area contributed by atoms with E-state index >= 15 is 0 Å².